The Morgan fingerprint density at radius 3 is 2.00 bits per heavy atom. The molecule has 2 heteroatoms. The second kappa shape index (κ2) is 5.92. The van der Waals surface area contributed by atoms with E-state index in [2.05, 4.69) is 39.9 Å². The van der Waals surface area contributed by atoms with E-state index in [1.165, 1.54) is 32.1 Å². The zero-order valence-electron chi connectivity index (χ0n) is 13.1. The molecule has 0 unspecified atom stereocenters. The molecule has 0 aliphatic heterocycles. The van der Waals surface area contributed by atoms with Crippen LogP contribution in [0.3, 0.4) is 0 Å². The fourth-order valence-corrected chi connectivity index (χ4v) is 3.51. The van der Waals surface area contributed by atoms with Crippen molar-refractivity contribution in [1.82, 2.24) is 5.32 Å². The molecule has 0 saturated heterocycles. The van der Waals surface area contributed by atoms with Gasteiger partial charge >= 0.3 is 0 Å². The highest BCUT2D eigenvalue weighted by Gasteiger charge is 2.34. The third kappa shape index (κ3) is 5.27. The molecule has 0 aromatic carbocycles. The van der Waals surface area contributed by atoms with Crippen LogP contribution >= 0.6 is 0 Å². The van der Waals surface area contributed by atoms with Crippen molar-refractivity contribution in [3.8, 4) is 0 Å². The van der Waals surface area contributed by atoms with E-state index in [1.54, 1.807) is 0 Å². The molecule has 0 amide bonds. The van der Waals surface area contributed by atoms with E-state index >= 15 is 0 Å². The Morgan fingerprint density at radius 1 is 1.00 bits per heavy atom. The third-order valence-electron chi connectivity index (χ3n) is 4.16. The first-order chi connectivity index (χ1) is 8.18. The fraction of sp³-hybridized carbons (Fsp3) is 1.00. The summed E-state index contributed by atoms with van der Waals surface area (Å²) in [4.78, 5) is 0. The molecule has 1 fully saturated rings. The summed E-state index contributed by atoms with van der Waals surface area (Å²) in [5, 5.41) is 13.4. The second-order valence-corrected chi connectivity index (χ2v) is 8.19. The van der Waals surface area contributed by atoms with Gasteiger partial charge in [-0.15, -0.1) is 0 Å². The lowest BCUT2D eigenvalue weighted by atomic mass is 9.73. The maximum absolute atomic E-state index is 9.73. The van der Waals surface area contributed by atoms with Gasteiger partial charge in [0, 0.05) is 24.1 Å². The summed E-state index contributed by atoms with van der Waals surface area (Å²) < 4.78 is 0. The smallest absolute Gasteiger partial charge is 0.0499 e. The van der Waals surface area contributed by atoms with Crippen LogP contribution in [0, 0.1) is 10.8 Å². The quantitative estimate of drug-likeness (QED) is 0.784. The highest BCUT2D eigenvalue weighted by Crippen LogP contribution is 2.36. The van der Waals surface area contributed by atoms with Gasteiger partial charge in [-0.25, -0.2) is 0 Å². The molecule has 0 heterocycles. The molecule has 0 bridgehead atoms. The Hall–Kier alpha value is -0.0800. The van der Waals surface area contributed by atoms with Crippen molar-refractivity contribution in [2.24, 2.45) is 10.8 Å². The van der Waals surface area contributed by atoms with E-state index in [4.69, 9.17) is 0 Å². The minimum absolute atomic E-state index is 0.146. The largest absolute Gasteiger partial charge is 0.396 e. The van der Waals surface area contributed by atoms with Gasteiger partial charge in [0.05, 0.1) is 0 Å². The number of hydrogen-bond acceptors (Lipinski definition) is 2. The number of hydrogen-bond donors (Lipinski definition) is 2. The van der Waals surface area contributed by atoms with Gasteiger partial charge in [0.25, 0.3) is 0 Å². The van der Waals surface area contributed by atoms with E-state index in [1.807, 2.05) is 0 Å². The van der Waals surface area contributed by atoms with Crippen molar-refractivity contribution < 1.29 is 5.11 Å². The molecule has 1 aliphatic carbocycles. The summed E-state index contributed by atoms with van der Waals surface area (Å²) in [6, 6.07) is 0. The Bertz CT molecular complexity index is 246. The Kier molecular flexibility index (Phi) is 5.25. The van der Waals surface area contributed by atoms with Crippen molar-refractivity contribution >= 4 is 0 Å². The van der Waals surface area contributed by atoms with Crippen LogP contribution in [0.25, 0.3) is 0 Å². The first-order valence-corrected chi connectivity index (χ1v) is 7.54. The van der Waals surface area contributed by atoms with Crippen LogP contribution in [0.1, 0.15) is 73.1 Å². The summed E-state index contributed by atoms with van der Waals surface area (Å²) >= 11 is 0. The lowest BCUT2D eigenvalue weighted by Crippen LogP contribution is -2.49. The molecule has 0 aromatic heterocycles. The van der Waals surface area contributed by atoms with E-state index < -0.39 is 0 Å². The average molecular weight is 255 g/mol. The van der Waals surface area contributed by atoms with Crippen molar-refractivity contribution in [1.29, 1.82) is 0 Å². The van der Waals surface area contributed by atoms with Crippen molar-refractivity contribution in [2.75, 3.05) is 13.2 Å². The van der Waals surface area contributed by atoms with Crippen molar-refractivity contribution in [3.05, 3.63) is 0 Å². The first kappa shape index (κ1) is 16.0. The Morgan fingerprint density at radius 2 is 1.56 bits per heavy atom. The monoisotopic (exact) mass is 255 g/mol. The van der Waals surface area contributed by atoms with Crippen LogP contribution in [-0.2, 0) is 0 Å². The molecule has 1 aliphatic rings. The highest BCUT2D eigenvalue weighted by molar-refractivity contribution is 4.90. The minimum atomic E-state index is 0.146. The lowest BCUT2D eigenvalue weighted by Gasteiger charge is -2.41. The van der Waals surface area contributed by atoms with Crippen LogP contribution < -0.4 is 5.32 Å². The summed E-state index contributed by atoms with van der Waals surface area (Å²) in [5.74, 6) is 0. The van der Waals surface area contributed by atoms with E-state index in [9.17, 15) is 5.11 Å². The Labute approximate surface area is 114 Å². The molecule has 0 aromatic rings. The van der Waals surface area contributed by atoms with Crippen LogP contribution in [0.2, 0.25) is 0 Å². The molecule has 1 rings (SSSR count). The first-order valence-electron chi connectivity index (χ1n) is 7.54. The van der Waals surface area contributed by atoms with Gasteiger partial charge in [-0.05, 0) is 38.5 Å². The van der Waals surface area contributed by atoms with Crippen LogP contribution in [0.5, 0.6) is 0 Å². The van der Waals surface area contributed by atoms with Crippen LogP contribution in [0.4, 0.5) is 0 Å². The van der Waals surface area contributed by atoms with Crippen molar-refractivity contribution in [2.45, 2.75) is 78.7 Å². The molecule has 2 N–H and O–H groups in total. The van der Waals surface area contributed by atoms with E-state index in [0.29, 0.717) is 12.0 Å². The number of rotatable bonds is 5. The Balaban J connectivity index is 2.51. The maximum atomic E-state index is 9.73. The van der Waals surface area contributed by atoms with Gasteiger partial charge in [-0.3, -0.25) is 0 Å². The SMILES string of the molecule is CC(C)(C)CC(C)(C)NCC1(CO)CCCCC1. The molecule has 0 radical (unpaired) electrons. The van der Waals surface area contributed by atoms with Crippen LogP contribution in [0.15, 0.2) is 0 Å². The molecule has 2 nitrogen and oxygen atoms in total. The average Bonchev–Trinajstić information content (AvgIpc) is 2.25. The number of aliphatic hydroxyl groups excluding tert-OH is 1. The molecule has 108 valence electrons. The minimum Gasteiger partial charge on any atom is -0.396 e. The summed E-state index contributed by atoms with van der Waals surface area (Å²) in [6.45, 7) is 12.7. The zero-order chi connectivity index (χ0) is 13.9. The van der Waals surface area contributed by atoms with E-state index in [-0.39, 0.29) is 11.0 Å². The molecule has 18 heavy (non-hydrogen) atoms. The maximum Gasteiger partial charge on any atom is 0.0499 e. The molecule has 1 saturated carbocycles. The van der Waals surface area contributed by atoms with Gasteiger partial charge in [0.1, 0.15) is 0 Å². The molecule has 0 spiro atoms. The number of aliphatic hydroxyl groups is 1. The van der Waals surface area contributed by atoms with Gasteiger partial charge in [-0.2, -0.15) is 0 Å². The van der Waals surface area contributed by atoms with Crippen molar-refractivity contribution in [3.63, 3.8) is 0 Å². The highest BCUT2D eigenvalue weighted by atomic mass is 16.3. The van der Waals surface area contributed by atoms with Crippen LogP contribution in [-0.4, -0.2) is 23.8 Å². The summed E-state index contributed by atoms with van der Waals surface area (Å²) in [5.41, 5.74) is 0.640. The summed E-state index contributed by atoms with van der Waals surface area (Å²) in [7, 11) is 0. The van der Waals surface area contributed by atoms with E-state index in [0.717, 1.165) is 13.0 Å². The molecule has 0 atom stereocenters. The van der Waals surface area contributed by atoms with Gasteiger partial charge < -0.3 is 10.4 Å². The number of nitrogens with one attached hydrogen (secondary N) is 1. The van der Waals surface area contributed by atoms with Gasteiger partial charge in [0.2, 0.25) is 0 Å². The summed E-state index contributed by atoms with van der Waals surface area (Å²) in [6.07, 6.45) is 7.42. The topological polar surface area (TPSA) is 32.3 Å². The standard InChI is InChI=1S/C16H33NO/c1-14(2,3)11-15(4,5)17-12-16(13-18)9-7-6-8-10-16/h17-18H,6-13H2,1-5H3. The van der Waals surface area contributed by atoms with Gasteiger partial charge in [-0.1, -0.05) is 40.0 Å². The fourth-order valence-electron chi connectivity index (χ4n) is 3.51. The van der Waals surface area contributed by atoms with Gasteiger partial charge in [0.15, 0.2) is 0 Å². The second-order valence-electron chi connectivity index (χ2n) is 8.19. The molecular weight excluding hydrogens is 222 g/mol. The predicted octanol–water partition coefficient (Wildman–Crippen LogP) is 3.73. The zero-order valence-corrected chi connectivity index (χ0v) is 13.1. The molecular formula is C16H33NO. The lowest BCUT2D eigenvalue weighted by molar-refractivity contribution is 0.0696. The third-order valence-corrected chi connectivity index (χ3v) is 4.16. The predicted molar refractivity (Wildman–Crippen MR) is 78.8 cm³/mol. The normalized spacial score (nSPS) is 21.0.